The molecule has 0 bridgehead atoms. The number of nitrogens with two attached hydrogens (primary N) is 1. The largest absolute Gasteiger partial charge is 0.422 e. The van der Waals surface area contributed by atoms with E-state index in [1.54, 1.807) is 19.0 Å². The number of alkyl halides is 6. The summed E-state index contributed by atoms with van der Waals surface area (Å²) in [6.45, 7) is 0.305. The Labute approximate surface area is 171 Å². The van der Waals surface area contributed by atoms with E-state index in [1.165, 1.54) is 7.05 Å². The van der Waals surface area contributed by atoms with Crippen LogP contribution in [-0.2, 0) is 24.4 Å². The molecule has 30 heavy (non-hydrogen) atoms. The van der Waals surface area contributed by atoms with Crippen molar-refractivity contribution in [1.29, 1.82) is 0 Å². The van der Waals surface area contributed by atoms with E-state index >= 15 is 0 Å². The molecule has 0 aliphatic carbocycles. The third-order valence-corrected chi connectivity index (χ3v) is 4.80. The van der Waals surface area contributed by atoms with Crippen LogP contribution in [0, 0.1) is 0 Å². The summed E-state index contributed by atoms with van der Waals surface area (Å²) in [5, 5.41) is 2.06. The van der Waals surface area contributed by atoms with E-state index in [1.807, 2.05) is 0 Å². The van der Waals surface area contributed by atoms with Gasteiger partial charge in [-0.25, -0.2) is 0 Å². The van der Waals surface area contributed by atoms with E-state index in [0.29, 0.717) is 19.0 Å². The van der Waals surface area contributed by atoms with Crippen LogP contribution >= 0.6 is 0 Å². The zero-order chi connectivity index (χ0) is 23.5. The molecule has 1 atom stereocenters. The van der Waals surface area contributed by atoms with Crippen molar-refractivity contribution in [2.24, 2.45) is 7.05 Å². The fourth-order valence-corrected chi connectivity index (χ4v) is 2.83. The van der Waals surface area contributed by atoms with Crippen LogP contribution < -0.4 is 15.6 Å². The van der Waals surface area contributed by atoms with Crippen molar-refractivity contribution in [2.45, 2.75) is 37.7 Å². The topological polar surface area (TPSA) is 71.5 Å². The third-order valence-electron chi connectivity index (χ3n) is 4.80. The van der Waals surface area contributed by atoms with E-state index in [9.17, 15) is 31.1 Å². The Morgan fingerprint density at radius 3 is 2.23 bits per heavy atom. The average molecular weight is 445 g/mol. The van der Waals surface area contributed by atoms with Crippen molar-refractivity contribution < 1.29 is 40.4 Å². The first-order valence-electron chi connectivity index (χ1n) is 8.98. The number of nitrogen functional groups attached to an aromatic ring is 1. The molecule has 1 aromatic heterocycles. The van der Waals surface area contributed by atoms with Crippen molar-refractivity contribution >= 4 is 11.6 Å². The zero-order valence-corrected chi connectivity index (χ0v) is 17.5. The van der Waals surface area contributed by atoms with Crippen molar-refractivity contribution in [2.75, 3.05) is 40.0 Å². The van der Waals surface area contributed by atoms with E-state index < -0.39 is 41.7 Å². The number of anilines is 1. The number of methoxy groups -OCH3 is 1. The summed E-state index contributed by atoms with van der Waals surface area (Å²) in [5.74, 6) is -1.04. The second-order valence-electron chi connectivity index (χ2n) is 7.39. The Kier molecular flexibility index (Phi) is 8.11. The Morgan fingerprint density at radius 2 is 1.80 bits per heavy atom. The zero-order valence-electron chi connectivity index (χ0n) is 17.5. The molecule has 1 amide bonds. The third kappa shape index (κ3) is 5.97. The van der Waals surface area contributed by atoms with Crippen LogP contribution in [0.4, 0.5) is 32.0 Å². The highest BCUT2D eigenvalue weighted by Crippen LogP contribution is 2.34. The Morgan fingerprint density at radius 1 is 1.23 bits per heavy atom. The lowest BCUT2D eigenvalue weighted by atomic mass is 10.0. The number of ether oxygens (including phenoxy) is 1. The van der Waals surface area contributed by atoms with Gasteiger partial charge >= 0.3 is 18.3 Å². The molecule has 0 fully saturated rings. The molecule has 172 valence electrons. The minimum atomic E-state index is -4.78. The van der Waals surface area contributed by atoms with Crippen LogP contribution in [0.1, 0.15) is 35.1 Å². The SMILES string of the molecule is COC(C)(CNC(=O)c1c(N)cc(C(F)(F)F)c(CCCN(C)C)[n+]1C)C(F)(F)F. The van der Waals surface area contributed by atoms with Gasteiger partial charge in [0.15, 0.2) is 11.3 Å². The van der Waals surface area contributed by atoms with Crippen molar-refractivity contribution in [3.63, 3.8) is 0 Å². The van der Waals surface area contributed by atoms with Crippen LogP contribution in [0.5, 0.6) is 0 Å². The number of pyridine rings is 1. The molecule has 1 aromatic rings. The van der Waals surface area contributed by atoms with Gasteiger partial charge in [0, 0.05) is 13.5 Å². The second-order valence-corrected chi connectivity index (χ2v) is 7.39. The average Bonchev–Trinajstić information content (AvgIpc) is 2.59. The first-order chi connectivity index (χ1) is 13.5. The van der Waals surface area contributed by atoms with Crippen LogP contribution in [0.25, 0.3) is 0 Å². The molecule has 0 saturated heterocycles. The molecular formula is C18H27F6N4O2+. The maximum absolute atomic E-state index is 13.5. The summed E-state index contributed by atoms with van der Waals surface area (Å²) in [7, 11) is 5.60. The van der Waals surface area contributed by atoms with E-state index in [0.717, 1.165) is 18.6 Å². The molecule has 12 heteroatoms. The summed E-state index contributed by atoms with van der Waals surface area (Å²) in [6, 6.07) is 0.638. The predicted molar refractivity (Wildman–Crippen MR) is 97.7 cm³/mol. The van der Waals surface area contributed by atoms with Gasteiger partial charge in [-0.05, 0) is 40.1 Å². The molecule has 0 aliphatic heterocycles. The van der Waals surface area contributed by atoms with Crippen molar-refractivity contribution in [3.8, 4) is 0 Å². The Bertz CT molecular complexity index is 765. The highest BCUT2D eigenvalue weighted by Gasteiger charge is 2.52. The summed E-state index contributed by atoms with van der Waals surface area (Å²) in [5.41, 5.74) is 0.979. The first-order valence-corrected chi connectivity index (χ1v) is 8.98. The molecule has 0 spiro atoms. The number of hydrogen-bond acceptors (Lipinski definition) is 4. The molecule has 1 heterocycles. The monoisotopic (exact) mass is 445 g/mol. The van der Waals surface area contributed by atoms with E-state index in [4.69, 9.17) is 5.73 Å². The molecule has 0 aromatic carbocycles. The fraction of sp³-hybridized carbons (Fsp3) is 0.667. The molecule has 0 aliphatic rings. The molecule has 0 saturated carbocycles. The number of nitrogens with zero attached hydrogens (tertiary/aromatic N) is 2. The van der Waals surface area contributed by atoms with Gasteiger partial charge in [-0.2, -0.15) is 30.9 Å². The Balaban J connectivity index is 3.31. The summed E-state index contributed by atoms with van der Waals surface area (Å²) < 4.78 is 85.3. The number of halogens is 6. The molecular weight excluding hydrogens is 418 g/mol. The predicted octanol–water partition coefficient (Wildman–Crippen LogP) is 2.30. The van der Waals surface area contributed by atoms with Crippen LogP contribution in [-0.4, -0.2) is 56.9 Å². The lowest BCUT2D eigenvalue weighted by Crippen LogP contribution is -2.54. The van der Waals surface area contributed by atoms with Crippen LogP contribution in [0.15, 0.2) is 6.07 Å². The minimum Gasteiger partial charge on any atom is -0.393 e. The van der Waals surface area contributed by atoms with Gasteiger partial charge in [-0.15, -0.1) is 0 Å². The normalized spacial score (nSPS) is 14.7. The number of amides is 1. The maximum atomic E-state index is 13.5. The van der Waals surface area contributed by atoms with Gasteiger partial charge in [0.2, 0.25) is 0 Å². The second kappa shape index (κ2) is 9.38. The molecule has 3 N–H and O–H groups in total. The molecule has 0 radical (unpaired) electrons. The first kappa shape index (κ1) is 26.0. The number of hydrogen-bond donors (Lipinski definition) is 2. The standard InChI is InChI=1S/C18H26F6N4O2/c1-16(30-5,18(22,23)24)10-26-15(29)14-12(25)9-11(17(19,20)21)13(28(14)4)7-6-8-27(2)3/h9H,6-8,10H2,1-5H3,(H2-,25,26,29)/p+1. The smallest absolute Gasteiger partial charge is 0.393 e. The lowest BCUT2D eigenvalue weighted by Gasteiger charge is -2.30. The number of aromatic nitrogens is 1. The van der Waals surface area contributed by atoms with Crippen LogP contribution in [0.2, 0.25) is 0 Å². The van der Waals surface area contributed by atoms with E-state index in [-0.39, 0.29) is 17.8 Å². The maximum Gasteiger partial charge on any atom is 0.422 e. The quantitative estimate of drug-likeness (QED) is 0.476. The molecule has 1 unspecified atom stereocenters. The summed E-state index contributed by atoms with van der Waals surface area (Å²) in [4.78, 5) is 14.3. The van der Waals surface area contributed by atoms with Gasteiger partial charge in [-0.3, -0.25) is 4.79 Å². The van der Waals surface area contributed by atoms with Gasteiger partial charge in [0.05, 0.1) is 6.54 Å². The van der Waals surface area contributed by atoms with Crippen LogP contribution in [0.3, 0.4) is 0 Å². The van der Waals surface area contributed by atoms with E-state index in [2.05, 4.69) is 10.1 Å². The highest BCUT2D eigenvalue weighted by molar-refractivity contribution is 5.95. The highest BCUT2D eigenvalue weighted by atomic mass is 19.4. The number of carbonyl (C=O) groups is 1. The van der Waals surface area contributed by atoms with Gasteiger partial charge in [0.25, 0.3) is 5.69 Å². The fourth-order valence-electron chi connectivity index (χ4n) is 2.83. The van der Waals surface area contributed by atoms with Gasteiger partial charge < -0.3 is 20.7 Å². The van der Waals surface area contributed by atoms with Crippen molar-refractivity contribution in [3.05, 3.63) is 23.0 Å². The number of carbonyl (C=O) groups excluding carboxylic acids is 1. The Hall–Kier alpha value is -2.08. The number of nitrogens with one attached hydrogen (secondary N) is 1. The lowest BCUT2D eigenvalue weighted by molar-refractivity contribution is -0.681. The van der Waals surface area contributed by atoms with Gasteiger partial charge in [0.1, 0.15) is 18.3 Å². The summed E-state index contributed by atoms with van der Waals surface area (Å²) in [6.07, 6.45) is -9.13. The molecule has 1 rings (SSSR count). The molecule has 6 nitrogen and oxygen atoms in total. The van der Waals surface area contributed by atoms with Gasteiger partial charge in [-0.1, -0.05) is 0 Å². The summed E-state index contributed by atoms with van der Waals surface area (Å²) >= 11 is 0. The minimum absolute atomic E-state index is 0.0115. The number of rotatable bonds is 8. The van der Waals surface area contributed by atoms with Crippen molar-refractivity contribution in [1.82, 2.24) is 10.2 Å².